The smallest absolute Gasteiger partial charge is 0.269 e. The van der Waals surface area contributed by atoms with Crippen LogP contribution in [0.3, 0.4) is 0 Å². The minimum atomic E-state index is -4.06. The molecule has 0 bridgehead atoms. The average molecular weight is 421 g/mol. The summed E-state index contributed by atoms with van der Waals surface area (Å²) in [5.74, 6) is -0.943. The number of fused-ring (bicyclic) bond motifs is 1. The summed E-state index contributed by atoms with van der Waals surface area (Å²) in [5.41, 5.74) is 2.11. The highest BCUT2D eigenvalue weighted by atomic mass is 32.2. The highest BCUT2D eigenvalue weighted by molar-refractivity contribution is 7.86. The van der Waals surface area contributed by atoms with Crippen LogP contribution in [0.5, 0.6) is 0 Å². The van der Waals surface area contributed by atoms with Gasteiger partial charge in [0.2, 0.25) is 0 Å². The van der Waals surface area contributed by atoms with Crippen molar-refractivity contribution < 1.29 is 22.2 Å². The molecule has 1 atom stereocenters. The molecule has 1 aliphatic rings. The number of hydrogen-bond acceptors (Lipinski definition) is 5. The van der Waals surface area contributed by atoms with Crippen LogP contribution in [0.2, 0.25) is 0 Å². The predicted octanol–water partition coefficient (Wildman–Crippen LogP) is 3.74. The standard InChI is InChI=1S/C23H19NO5S/c1-16-11-13-18(14-12-16)30(27,28)29-15-21(17-7-3-2-4-8-17)24-22(25)19-9-5-6-10-20(19)23(24)26/h2-14,21H,15H2,1H3/t21-/m1/s1. The second-order valence-corrected chi connectivity index (χ2v) is 8.62. The van der Waals surface area contributed by atoms with Gasteiger partial charge in [0.15, 0.2) is 0 Å². The topological polar surface area (TPSA) is 80.8 Å². The zero-order valence-electron chi connectivity index (χ0n) is 16.2. The molecule has 1 heterocycles. The number of hydrogen-bond donors (Lipinski definition) is 0. The van der Waals surface area contributed by atoms with E-state index in [4.69, 9.17) is 4.18 Å². The molecule has 152 valence electrons. The molecular weight excluding hydrogens is 402 g/mol. The van der Waals surface area contributed by atoms with Gasteiger partial charge in [0.1, 0.15) is 0 Å². The maximum absolute atomic E-state index is 13.0. The quantitative estimate of drug-likeness (QED) is 0.447. The summed E-state index contributed by atoms with van der Waals surface area (Å²) in [6.07, 6.45) is 0. The molecule has 0 aromatic heterocycles. The van der Waals surface area contributed by atoms with E-state index in [-0.39, 0.29) is 11.5 Å². The highest BCUT2D eigenvalue weighted by Crippen LogP contribution is 2.32. The van der Waals surface area contributed by atoms with Gasteiger partial charge in [-0.25, -0.2) is 0 Å². The lowest BCUT2D eigenvalue weighted by atomic mass is 10.1. The molecule has 0 fully saturated rings. The fraction of sp³-hybridized carbons (Fsp3) is 0.130. The molecule has 4 rings (SSSR count). The maximum atomic E-state index is 13.0. The predicted molar refractivity (Wildman–Crippen MR) is 110 cm³/mol. The van der Waals surface area contributed by atoms with Gasteiger partial charge in [-0.3, -0.25) is 18.7 Å². The van der Waals surface area contributed by atoms with E-state index in [1.54, 1.807) is 66.7 Å². The van der Waals surface area contributed by atoms with Gasteiger partial charge in [-0.1, -0.05) is 60.2 Å². The molecule has 0 spiro atoms. The van der Waals surface area contributed by atoms with Crippen molar-refractivity contribution in [3.05, 3.63) is 101 Å². The van der Waals surface area contributed by atoms with Crippen LogP contribution in [0.4, 0.5) is 0 Å². The van der Waals surface area contributed by atoms with E-state index in [9.17, 15) is 18.0 Å². The fourth-order valence-electron chi connectivity index (χ4n) is 3.41. The fourth-order valence-corrected chi connectivity index (χ4v) is 4.33. The van der Waals surface area contributed by atoms with Crippen molar-refractivity contribution in [1.82, 2.24) is 4.90 Å². The SMILES string of the molecule is Cc1ccc(S(=O)(=O)OC[C@H](c2ccccc2)N2C(=O)c3ccccc3C2=O)cc1. The molecule has 3 aromatic carbocycles. The van der Waals surface area contributed by atoms with Gasteiger partial charge in [-0.05, 0) is 36.8 Å². The summed E-state index contributed by atoms with van der Waals surface area (Å²) in [4.78, 5) is 27.0. The molecule has 6 nitrogen and oxygen atoms in total. The zero-order chi connectivity index (χ0) is 21.3. The molecule has 0 aliphatic carbocycles. The first-order chi connectivity index (χ1) is 14.4. The summed E-state index contributed by atoms with van der Waals surface area (Å²) >= 11 is 0. The first-order valence-electron chi connectivity index (χ1n) is 9.36. The molecule has 0 unspecified atom stereocenters. The van der Waals surface area contributed by atoms with Gasteiger partial charge < -0.3 is 0 Å². The van der Waals surface area contributed by atoms with Crippen molar-refractivity contribution in [2.45, 2.75) is 17.9 Å². The van der Waals surface area contributed by atoms with Crippen molar-refractivity contribution in [1.29, 1.82) is 0 Å². The van der Waals surface area contributed by atoms with Crippen LogP contribution in [0.25, 0.3) is 0 Å². The highest BCUT2D eigenvalue weighted by Gasteiger charge is 2.41. The Morgan fingerprint density at radius 2 is 1.33 bits per heavy atom. The zero-order valence-corrected chi connectivity index (χ0v) is 17.0. The Bertz CT molecular complexity index is 1170. The lowest BCUT2D eigenvalue weighted by Crippen LogP contribution is -2.37. The van der Waals surface area contributed by atoms with Crippen LogP contribution in [-0.4, -0.2) is 31.7 Å². The molecule has 30 heavy (non-hydrogen) atoms. The van der Waals surface area contributed by atoms with E-state index in [1.807, 2.05) is 6.92 Å². The molecule has 0 radical (unpaired) electrons. The number of imide groups is 1. The second kappa shape index (κ2) is 7.85. The van der Waals surface area contributed by atoms with Gasteiger partial charge in [0, 0.05) is 0 Å². The summed E-state index contributed by atoms with van der Waals surface area (Å²) in [7, 11) is -4.06. The van der Waals surface area contributed by atoms with Gasteiger partial charge >= 0.3 is 0 Å². The molecule has 0 saturated heterocycles. The molecule has 7 heteroatoms. The van der Waals surface area contributed by atoms with Crippen LogP contribution in [0.1, 0.15) is 37.9 Å². The van der Waals surface area contributed by atoms with Crippen molar-refractivity contribution in [2.24, 2.45) is 0 Å². The molecular formula is C23H19NO5S. The number of amides is 2. The lowest BCUT2D eigenvalue weighted by molar-refractivity contribution is 0.0531. The average Bonchev–Trinajstić information content (AvgIpc) is 3.00. The number of nitrogens with zero attached hydrogens (tertiary/aromatic N) is 1. The summed E-state index contributed by atoms with van der Waals surface area (Å²) in [6.45, 7) is 1.47. The first kappa shape index (κ1) is 20.0. The van der Waals surface area contributed by atoms with Crippen LogP contribution in [-0.2, 0) is 14.3 Å². The third kappa shape index (κ3) is 3.65. The summed E-state index contributed by atoms with van der Waals surface area (Å²) in [6, 6.07) is 20.7. The second-order valence-electron chi connectivity index (χ2n) is 7.00. The number of carbonyl (C=O) groups is 2. The Kier molecular flexibility index (Phi) is 5.24. The van der Waals surface area contributed by atoms with E-state index in [1.165, 1.54) is 12.1 Å². The lowest BCUT2D eigenvalue weighted by Gasteiger charge is -2.26. The van der Waals surface area contributed by atoms with E-state index < -0.39 is 28.0 Å². The van der Waals surface area contributed by atoms with Crippen LogP contribution < -0.4 is 0 Å². The minimum absolute atomic E-state index is 0.0160. The van der Waals surface area contributed by atoms with Crippen LogP contribution in [0.15, 0.2) is 83.8 Å². The van der Waals surface area contributed by atoms with Crippen molar-refractivity contribution in [3.8, 4) is 0 Å². The van der Waals surface area contributed by atoms with Gasteiger partial charge in [0.05, 0.1) is 28.7 Å². The minimum Gasteiger partial charge on any atom is -0.269 e. The van der Waals surface area contributed by atoms with E-state index in [2.05, 4.69) is 0 Å². The Balaban J connectivity index is 1.66. The maximum Gasteiger partial charge on any atom is 0.297 e. The van der Waals surface area contributed by atoms with Crippen molar-refractivity contribution in [3.63, 3.8) is 0 Å². The third-order valence-corrected chi connectivity index (χ3v) is 6.31. The Morgan fingerprint density at radius 3 is 1.90 bits per heavy atom. The van der Waals surface area contributed by atoms with Gasteiger partial charge in [-0.2, -0.15) is 8.42 Å². The van der Waals surface area contributed by atoms with E-state index in [0.717, 1.165) is 10.5 Å². The Labute approximate surface area is 174 Å². The Morgan fingerprint density at radius 1 is 0.800 bits per heavy atom. The molecule has 2 amide bonds. The Hall–Kier alpha value is -3.29. The third-order valence-electron chi connectivity index (χ3n) is 5.01. The van der Waals surface area contributed by atoms with Crippen LogP contribution >= 0.6 is 0 Å². The number of carbonyl (C=O) groups excluding carboxylic acids is 2. The van der Waals surface area contributed by atoms with E-state index in [0.29, 0.717) is 16.7 Å². The number of rotatable bonds is 6. The van der Waals surface area contributed by atoms with Gasteiger partial charge in [0.25, 0.3) is 21.9 Å². The molecule has 1 aliphatic heterocycles. The summed E-state index contributed by atoms with van der Waals surface area (Å²) in [5, 5.41) is 0. The largest absolute Gasteiger partial charge is 0.297 e. The number of benzene rings is 3. The summed E-state index contributed by atoms with van der Waals surface area (Å²) < 4.78 is 30.6. The van der Waals surface area contributed by atoms with Crippen molar-refractivity contribution in [2.75, 3.05) is 6.61 Å². The van der Waals surface area contributed by atoms with Crippen LogP contribution in [0, 0.1) is 6.92 Å². The molecule has 0 saturated carbocycles. The monoisotopic (exact) mass is 421 g/mol. The normalized spacial score (nSPS) is 14.6. The first-order valence-corrected chi connectivity index (χ1v) is 10.8. The van der Waals surface area contributed by atoms with E-state index >= 15 is 0 Å². The van der Waals surface area contributed by atoms with Crippen molar-refractivity contribution >= 4 is 21.9 Å². The molecule has 3 aromatic rings. The van der Waals surface area contributed by atoms with Gasteiger partial charge in [-0.15, -0.1) is 0 Å². The molecule has 0 N–H and O–H groups in total. The number of aryl methyl sites for hydroxylation is 1.